The fourth-order valence-electron chi connectivity index (χ4n) is 1.77. The van der Waals surface area contributed by atoms with Gasteiger partial charge in [0, 0.05) is 4.47 Å². The van der Waals surface area contributed by atoms with Gasteiger partial charge < -0.3 is 14.6 Å². The van der Waals surface area contributed by atoms with Crippen molar-refractivity contribution in [3.8, 4) is 11.5 Å². The van der Waals surface area contributed by atoms with E-state index in [4.69, 9.17) is 9.47 Å². The molecule has 0 unspecified atom stereocenters. The van der Waals surface area contributed by atoms with Crippen molar-refractivity contribution in [3.63, 3.8) is 0 Å². The number of rotatable bonds is 6. The highest BCUT2D eigenvalue weighted by molar-refractivity contribution is 9.10. The van der Waals surface area contributed by atoms with Crippen LogP contribution in [0.15, 0.2) is 16.6 Å². The van der Waals surface area contributed by atoms with E-state index >= 15 is 0 Å². The molecular weight excluding hydrogens is 324 g/mol. The first-order valence-electron chi connectivity index (χ1n) is 6.44. The Labute approximate surface area is 128 Å². The Hall–Kier alpha value is -1.23. The molecular formula is C15H21BrO4. The van der Waals surface area contributed by atoms with Gasteiger partial charge in [-0.3, -0.25) is 4.79 Å². The van der Waals surface area contributed by atoms with Crippen LogP contribution in [0, 0.1) is 5.41 Å². The van der Waals surface area contributed by atoms with E-state index in [2.05, 4.69) is 15.9 Å². The normalized spacial score (nSPS) is 11.6. The zero-order valence-electron chi connectivity index (χ0n) is 12.5. The fraction of sp³-hybridized carbons (Fsp3) is 0.533. The number of carbonyl (C=O) groups is 1. The van der Waals surface area contributed by atoms with Crippen molar-refractivity contribution in [1.29, 1.82) is 0 Å². The van der Waals surface area contributed by atoms with Crippen LogP contribution in [0.25, 0.3) is 0 Å². The summed E-state index contributed by atoms with van der Waals surface area (Å²) in [6, 6.07) is 3.65. The summed E-state index contributed by atoms with van der Waals surface area (Å²) in [4.78, 5) is 11.2. The molecule has 0 saturated heterocycles. The van der Waals surface area contributed by atoms with Crippen molar-refractivity contribution in [2.75, 3.05) is 7.11 Å². The lowest BCUT2D eigenvalue weighted by Gasteiger charge is -2.21. The quantitative estimate of drug-likeness (QED) is 0.850. The lowest BCUT2D eigenvalue weighted by molar-refractivity contribution is -0.146. The summed E-state index contributed by atoms with van der Waals surface area (Å²) in [5, 5.41) is 9.22. The Morgan fingerprint density at radius 2 is 1.95 bits per heavy atom. The molecule has 1 aromatic carbocycles. The Balaban J connectivity index is 3.14. The fourth-order valence-corrected chi connectivity index (χ4v) is 2.23. The van der Waals surface area contributed by atoms with Crippen molar-refractivity contribution >= 4 is 21.9 Å². The van der Waals surface area contributed by atoms with Crippen LogP contribution in [0.5, 0.6) is 11.5 Å². The highest BCUT2D eigenvalue weighted by atomic mass is 79.9. The number of benzene rings is 1. The molecule has 0 fully saturated rings. The molecule has 0 spiro atoms. The number of carboxylic acids is 1. The molecule has 4 nitrogen and oxygen atoms in total. The number of ether oxygens (including phenoxy) is 2. The predicted octanol–water partition coefficient (Wildman–Crippen LogP) is 3.90. The summed E-state index contributed by atoms with van der Waals surface area (Å²) in [7, 11) is 1.57. The number of halogens is 1. The van der Waals surface area contributed by atoms with Crippen molar-refractivity contribution in [2.24, 2.45) is 5.41 Å². The predicted molar refractivity (Wildman–Crippen MR) is 81.6 cm³/mol. The molecule has 0 aromatic heterocycles. The first kappa shape index (κ1) is 16.8. The lowest BCUT2D eigenvalue weighted by atomic mass is 9.86. The van der Waals surface area contributed by atoms with Gasteiger partial charge in [-0.05, 0) is 51.8 Å². The van der Waals surface area contributed by atoms with Gasteiger partial charge in [0.2, 0.25) is 0 Å². The maximum absolute atomic E-state index is 11.2. The number of aliphatic carboxylic acids is 1. The SMILES string of the molecule is COc1cc(CC(C)(C)C(=O)O)c(Br)cc1OC(C)C. The summed E-state index contributed by atoms with van der Waals surface area (Å²) in [6.07, 6.45) is 0.443. The zero-order chi connectivity index (χ0) is 15.5. The molecule has 112 valence electrons. The molecule has 5 heteroatoms. The third kappa shape index (κ3) is 4.13. The second-order valence-electron chi connectivity index (χ2n) is 5.63. The van der Waals surface area contributed by atoms with E-state index in [9.17, 15) is 9.90 Å². The first-order chi connectivity index (χ1) is 9.17. The smallest absolute Gasteiger partial charge is 0.309 e. The standard InChI is InChI=1S/C15H21BrO4/c1-9(2)20-13-7-11(16)10(6-12(13)19-5)8-15(3,4)14(17)18/h6-7,9H,8H2,1-5H3,(H,17,18). The van der Waals surface area contributed by atoms with Crippen LogP contribution in [0.3, 0.4) is 0 Å². The number of methoxy groups -OCH3 is 1. The average Bonchev–Trinajstić information content (AvgIpc) is 2.31. The molecule has 0 aliphatic rings. The summed E-state index contributed by atoms with van der Waals surface area (Å²) in [6.45, 7) is 7.28. The Morgan fingerprint density at radius 1 is 1.35 bits per heavy atom. The van der Waals surface area contributed by atoms with Gasteiger partial charge >= 0.3 is 5.97 Å². The van der Waals surface area contributed by atoms with Gasteiger partial charge in [-0.15, -0.1) is 0 Å². The lowest BCUT2D eigenvalue weighted by Crippen LogP contribution is -2.26. The molecule has 1 rings (SSSR count). The molecule has 0 aliphatic heterocycles. The van der Waals surface area contributed by atoms with E-state index in [0.717, 1.165) is 10.0 Å². The van der Waals surface area contributed by atoms with Gasteiger partial charge in [-0.25, -0.2) is 0 Å². The van der Waals surface area contributed by atoms with E-state index in [1.807, 2.05) is 26.0 Å². The van der Waals surface area contributed by atoms with E-state index in [1.165, 1.54) is 0 Å². The number of carboxylic acid groups (broad SMARTS) is 1. The van der Waals surface area contributed by atoms with Crippen molar-refractivity contribution < 1.29 is 19.4 Å². The topological polar surface area (TPSA) is 55.8 Å². The van der Waals surface area contributed by atoms with Crippen molar-refractivity contribution in [3.05, 3.63) is 22.2 Å². The Bertz CT molecular complexity index is 495. The number of hydrogen-bond acceptors (Lipinski definition) is 3. The van der Waals surface area contributed by atoms with E-state index in [-0.39, 0.29) is 6.10 Å². The minimum atomic E-state index is -0.839. The summed E-state index contributed by atoms with van der Waals surface area (Å²) >= 11 is 3.47. The van der Waals surface area contributed by atoms with Gasteiger partial charge in [0.05, 0.1) is 18.6 Å². The molecule has 0 bridgehead atoms. The Morgan fingerprint density at radius 3 is 2.40 bits per heavy atom. The van der Waals surface area contributed by atoms with Crippen LogP contribution in [0.4, 0.5) is 0 Å². The average molecular weight is 345 g/mol. The van der Waals surface area contributed by atoms with Crippen molar-refractivity contribution in [2.45, 2.75) is 40.2 Å². The highest BCUT2D eigenvalue weighted by Crippen LogP contribution is 2.37. The Kier molecular flexibility index (Phi) is 5.45. The first-order valence-corrected chi connectivity index (χ1v) is 7.23. The second-order valence-corrected chi connectivity index (χ2v) is 6.48. The summed E-state index contributed by atoms with van der Waals surface area (Å²) < 4.78 is 11.8. The molecule has 0 amide bonds. The van der Waals surface area contributed by atoms with Gasteiger partial charge in [0.15, 0.2) is 11.5 Å². The second kappa shape index (κ2) is 6.48. The highest BCUT2D eigenvalue weighted by Gasteiger charge is 2.28. The van der Waals surface area contributed by atoms with Crippen LogP contribution in [-0.2, 0) is 11.2 Å². The molecule has 1 N–H and O–H groups in total. The van der Waals surface area contributed by atoms with Gasteiger partial charge in [-0.2, -0.15) is 0 Å². The molecule has 0 heterocycles. The maximum Gasteiger partial charge on any atom is 0.309 e. The van der Waals surface area contributed by atoms with Crippen molar-refractivity contribution in [1.82, 2.24) is 0 Å². The molecule has 20 heavy (non-hydrogen) atoms. The van der Waals surface area contributed by atoms with E-state index < -0.39 is 11.4 Å². The third-order valence-corrected chi connectivity index (χ3v) is 3.64. The van der Waals surface area contributed by atoms with E-state index in [0.29, 0.717) is 17.9 Å². The van der Waals surface area contributed by atoms with Gasteiger partial charge in [-0.1, -0.05) is 15.9 Å². The summed E-state index contributed by atoms with van der Waals surface area (Å²) in [5.41, 5.74) is 0.0406. The molecule has 0 saturated carbocycles. The summed E-state index contributed by atoms with van der Waals surface area (Å²) in [5.74, 6) is 0.426. The van der Waals surface area contributed by atoms with Crippen LogP contribution in [0.2, 0.25) is 0 Å². The van der Waals surface area contributed by atoms with Gasteiger partial charge in [0.1, 0.15) is 0 Å². The van der Waals surface area contributed by atoms with E-state index in [1.54, 1.807) is 21.0 Å². The maximum atomic E-state index is 11.2. The van der Waals surface area contributed by atoms with Gasteiger partial charge in [0.25, 0.3) is 0 Å². The van der Waals surface area contributed by atoms with Crippen LogP contribution in [-0.4, -0.2) is 24.3 Å². The third-order valence-electron chi connectivity index (χ3n) is 2.91. The molecule has 0 radical (unpaired) electrons. The van der Waals surface area contributed by atoms with Crippen LogP contribution >= 0.6 is 15.9 Å². The minimum absolute atomic E-state index is 0.0390. The van der Waals surface area contributed by atoms with Crippen LogP contribution in [0.1, 0.15) is 33.3 Å². The number of hydrogen-bond donors (Lipinski definition) is 1. The molecule has 0 aliphatic carbocycles. The molecule has 1 aromatic rings. The zero-order valence-corrected chi connectivity index (χ0v) is 14.1. The minimum Gasteiger partial charge on any atom is -0.493 e. The van der Waals surface area contributed by atoms with Crippen LogP contribution < -0.4 is 9.47 Å². The monoisotopic (exact) mass is 344 g/mol. The largest absolute Gasteiger partial charge is 0.493 e. The molecule has 0 atom stereocenters.